The van der Waals surface area contributed by atoms with E-state index in [0.29, 0.717) is 0 Å². The second-order valence-electron chi connectivity index (χ2n) is 9.07. The lowest BCUT2D eigenvalue weighted by atomic mass is 9.82. The Balaban J connectivity index is 1.41. The van der Waals surface area contributed by atoms with E-state index in [-0.39, 0.29) is 31.5 Å². The van der Waals surface area contributed by atoms with Gasteiger partial charge in [0.05, 0.1) is 19.5 Å². The van der Waals surface area contributed by atoms with E-state index in [4.69, 9.17) is 4.74 Å². The summed E-state index contributed by atoms with van der Waals surface area (Å²) in [6.07, 6.45) is -1.42. The zero-order valence-electron chi connectivity index (χ0n) is 18.7. The van der Waals surface area contributed by atoms with Crippen molar-refractivity contribution in [3.63, 3.8) is 0 Å². The lowest BCUT2D eigenvalue weighted by Gasteiger charge is -2.49. The number of carboxylic acids is 1. The maximum atomic E-state index is 12.8. The standard InChI is InChI=1S/C25H28N2O6/c1-15(2)25(32)13-27(14-25)23(30)21(11-22(28)29)26-24(31)33-12-20-18-9-5-3-7-16(18)17-8-4-6-10-19(17)20/h3-10,15,20-21,32H,11-14H2,1-2H3,(H,26,31)(H,28,29). The number of rotatable bonds is 7. The van der Waals surface area contributed by atoms with Crippen LogP contribution in [0.5, 0.6) is 0 Å². The molecule has 1 atom stereocenters. The second kappa shape index (κ2) is 8.86. The zero-order chi connectivity index (χ0) is 23.8. The van der Waals surface area contributed by atoms with E-state index < -0.39 is 36.0 Å². The maximum absolute atomic E-state index is 12.8. The molecule has 33 heavy (non-hydrogen) atoms. The largest absolute Gasteiger partial charge is 0.481 e. The zero-order valence-corrected chi connectivity index (χ0v) is 18.7. The van der Waals surface area contributed by atoms with E-state index in [0.717, 1.165) is 22.3 Å². The number of benzene rings is 2. The summed E-state index contributed by atoms with van der Waals surface area (Å²) < 4.78 is 5.45. The molecule has 3 N–H and O–H groups in total. The van der Waals surface area contributed by atoms with Crippen molar-refractivity contribution in [1.29, 1.82) is 0 Å². The van der Waals surface area contributed by atoms with Crippen LogP contribution in [0.4, 0.5) is 4.79 Å². The predicted octanol–water partition coefficient (Wildman–Crippen LogP) is 2.60. The van der Waals surface area contributed by atoms with Gasteiger partial charge < -0.3 is 25.2 Å². The number of likely N-dealkylation sites (tertiary alicyclic amines) is 1. The van der Waals surface area contributed by atoms with Crippen LogP contribution in [0.25, 0.3) is 11.1 Å². The number of fused-ring (bicyclic) bond motifs is 3. The van der Waals surface area contributed by atoms with E-state index in [1.165, 1.54) is 4.90 Å². The molecule has 1 fully saturated rings. The molecule has 2 aromatic carbocycles. The summed E-state index contributed by atoms with van der Waals surface area (Å²) in [5.41, 5.74) is 3.30. The van der Waals surface area contributed by atoms with E-state index in [1.807, 2.05) is 62.4 Å². The van der Waals surface area contributed by atoms with E-state index in [2.05, 4.69) is 5.32 Å². The predicted molar refractivity (Wildman–Crippen MR) is 121 cm³/mol. The first-order valence-corrected chi connectivity index (χ1v) is 11.0. The van der Waals surface area contributed by atoms with Crippen LogP contribution < -0.4 is 5.32 Å². The molecular formula is C25H28N2O6. The highest BCUT2D eigenvalue weighted by molar-refractivity contribution is 5.90. The number of nitrogens with zero attached hydrogens (tertiary/aromatic N) is 1. The van der Waals surface area contributed by atoms with Gasteiger partial charge in [0, 0.05) is 5.92 Å². The van der Waals surface area contributed by atoms with Crippen LogP contribution in [0, 0.1) is 5.92 Å². The molecule has 0 spiro atoms. The Morgan fingerprint density at radius 2 is 1.61 bits per heavy atom. The molecule has 0 saturated carbocycles. The fourth-order valence-electron chi connectivity index (χ4n) is 4.51. The van der Waals surface area contributed by atoms with Gasteiger partial charge in [0.25, 0.3) is 0 Å². The minimum absolute atomic E-state index is 0.0467. The molecule has 1 aliphatic heterocycles. The van der Waals surface area contributed by atoms with Crippen molar-refractivity contribution in [2.45, 2.75) is 37.8 Å². The maximum Gasteiger partial charge on any atom is 0.407 e. The van der Waals surface area contributed by atoms with Crippen LogP contribution in [-0.2, 0) is 14.3 Å². The molecule has 1 saturated heterocycles. The van der Waals surface area contributed by atoms with Gasteiger partial charge in [-0.1, -0.05) is 62.4 Å². The number of alkyl carbamates (subject to hydrolysis) is 1. The van der Waals surface area contributed by atoms with Crippen molar-refractivity contribution in [3.05, 3.63) is 59.7 Å². The number of carboxylic acid groups (broad SMARTS) is 1. The van der Waals surface area contributed by atoms with Gasteiger partial charge in [-0.2, -0.15) is 0 Å². The van der Waals surface area contributed by atoms with Gasteiger partial charge in [0.1, 0.15) is 18.2 Å². The van der Waals surface area contributed by atoms with Crippen LogP contribution in [0.3, 0.4) is 0 Å². The van der Waals surface area contributed by atoms with Gasteiger partial charge in [-0.15, -0.1) is 0 Å². The van der Waals surface area contributed by atoms with Crippen molar-refractivity contribution < 1.29 is 29.3 Å². The molecule has 1 heterocycles. The second-order valence-corrected chi connectivity index (χ2v) is 9.07. The molecule has 0 bridgehead atoms. The average molecular weight is 453 g/mol. The van der Waals surface area contributed by atoms with Gasteiger partial charge in [-0.3, -0.25) is 9.59 Å². The fourth-order valence-corrected chi connectivity index (χ4v) is 4.51. The van der Waals surface area contributed by atoms with Crippen LogP contribution >= 0.6 is 0 Å². The molecule has 0 aromatic heterocycles. The van der Waals surface area contributed by atoms with Crippen molar-refractivity contribution in [2.75, 3.05) is 19.7 Å². The highest BCUT2D eigenvalue weighted by Gasteiger charge is 2.47. The van der Waals surface area contributed by atoms with Gasteiger partial charge >= 0.3 is 12.1 Å². The molecule has 8 heteroatoms. The monoisotopic (exact) mass is 452 g/mol. The first-order chi connectivity index (χ1) is 15.7. The topological polar surface area (TPSA) is 116 Å². The number of amides is 2. The minimum Gasteiger partial charge on any atom is -0.481 e. The normalized spacial score (nSPS) is 17.0. The Morgan fingerprint density at radius 1 is 1.06 bits per heavy atom. The molecule has 8 nitrogen and oxygen atoms in total. The third-order valence-electron chi connectivity index (χ3n) is 6.63. The Labute approximate surface area is 192 Å². The first kappa shape index (κ1) is 22.8. The lowest BCUT2D eigenvalue weighted by Crippen LogP contribution is -2.68. The quantitative estimate of drug-likeness (QED) is 0.595. The Bertz CT molecular complexity index is 1030. The Kier molecular flexibility index (Phi) is 6.12. The summed E-state index contributed by atoms with van der Waals surface area (Å²) in [6, 6.07) is 14.6. The number of carbonyl (C=O) groups excluding carboxylic acids is 2. The minimum atomic E-state index is -1.27. The van der Waals surface area contributed by atoms with E-state index >= 15 is 0 Å². The number of aliphatic carboxylic acids is 1. The SMILES string of the molecule is CC(C)C1(O)CN(C(=O)C(CC(=O)O)NC(=O)OCC2c3ccccc3-c3ccccc32)C1. The number of carbonyl (C=O) groups is 3. The lowest BCUT2D eigenvalue weighted by molar-refractivity contribution is -0.166. The van der Waals surface area contributed by atoms with Crippen molar-refractivity contribution in [2.24, 2.45) is 5.92 Å². The third kappa shape index (κ3) is 4.43. The molecule has 174 valence electrons. The van der Waals surface area contributed by atoms with Crippen LogP contribution in [0.1, 0.15) is 37.3 Å². The van der Waals surface area contributed by atoms with Gasteiger partial charge in [0.15, 0.2) is 0 Å². The molecule has 1 unspecified atom stereocenters. The number of aliphatic hydroxyl groups is 1. The van der Waals surface area contributed by atoms with Crippen molar-refractivity contribution in [3.8, 4) is 11.1 Å². The summed E-state index contributed by atoms with van der Waals surface area (Å²) in [7, 11) is 0. The summed E-state index contributed by atoms with van der Waals surface area (Å²) in [5.74, 6) is -1.95. The summed E-state index contributed by atoms with van der Waals surface area (Å²) in [5, 5.41) is 22.0. The summed E-state index contributed by atoms with van der Waals surface area (Å²) in [6.45, 7) is 3.97. The van der Waals surface area contributed by atoms with Crippen molar-refractivity contribution >= 4 is 18.0 Å². The molecule has 0 radical (unpaired) electrons. The summed E-state index contributed by atoms with van der Waals surface area (Å²) in [4.78, 5) is 38.0. The Morgan fingerprint density at radius 3 is 2.12 bits per heavy atom. The molecule has 2 aliphatic rings. The smallest absolute Gasteiger partial charge is 0.407 e. The highest BCUT2D eigenvalue weighted by Crippen LogP contribution is 2.44. The van der Waals surface area contributed by atoms with Gasteiger partial charge in [-0.25, -0.2) is 4.79 Å². The van der Waals surface area contributed by atoms with Crippen LogP contribution in [0.2, 0.25) is 0 Å². The molecule has 2 amide bonds. The average Bonchev–Trinajstić information content (AvgIpc) is 3.08. The first-order valence-electron chi connectivity index (χ1n) is 11.0. The number of ether oxygens (including phenoxy) is 1. The number of hydrogen-bond donors (Lipinski definition) is 3. The molecule has 4 rings (SSSR count). The molecule has 1 aliphatic carbocycles. The van der Waals surface area contributed by atoms with Crippen LogP contribution in [0.15, 0.2) is 48.5 Å². The Hall–Kier alpha value is -3.39. The number of β-amino-alcohol motifs (C(OH)–C–C–N with tert-alkyl or cyclic N) is 1. The molecule has 2 aromatic rings. The van der Waals surface area contributed by atoms with Gasteiger partial charge in [0.2, 0.25) is 5.91 Å². The van der Waals surface area contributed by atoms with Crippen LogP contribution in [-0.4, -0.2) is 64.4 Å². The summed E-state index contributed by atoms with van der Waals surface area (Å²) >= 11 is 0. The third-order valence-corrected chi connectivity index (χ3v) is 6.63. The van der Waals surface area contributed by atoms with Crippen molar-refractivity contribution in [1.82, 2.24) is 10.2 Å². The number of nitrogens with one attached hydrogen (secondary N) is 1. The van der Waals surface area contributed by atoms with E-state index in [1.54, 1.807) is 0 Å². The highest BCUT2D eigenvalue weighted by atomic mass is 16.5. The fraction of sp³-hybridized carbons (Fsp3) is 0.400. The number of hydrogen-bond acceptors (Lipinski definition) is 5. The molecular weight excluding hydrogens is 424 g/mol. The van der Waals surface area contributed by atoms with Gasteiger partial charge in [-0.05, 0) is 28.2 Å². The van der Waals surface area contributed by atoms with E-state index in [9.17, 15) is 24.6 Å².